The van der Waals surface area contributed by atoms with E-state index in [1.54, 1.807) is 30.3 Å². The van der Waals surface area contributed by atoms with Gasteiger partial charge in [-0.1, -0.05) is 49.5 Å². The van der Waals surface area contributed by atoms with Gasteiger partial charge < -0.3 is 10.0 Å². The lowest BCUT2D eigenvalue weighted by atomic mass is 9.86. The van der Waals surface area contributed by atoms with Crippen molar-refractivity contribution in [3.05, 3.63) is 142 Å². The number of aromatic nitrogens is 2. The molecular weight excluding hydrogens is 1190 g/mol. The summed E-state index contributed by atoms with van der Waals surface area (Å²) in [4.78, 5) is 13.5. The lowest BCUT2D eigenvalue weighted by molar-refractivity contribution is -0.673. The molecule has 4 N–H and O–H groups in total. The molecular formula is C49H56N4O20S6Si+2. The molecule has 31 heteroatoms. The van der Waals surface area contributed by atoms with Crippen molar-refractivity contribution in [1.29, 1.82) is 0 Å². The molecule has 5 aromatic rings. The topological polar surface area (TPSA) is 369 Å². The van der Waals surface area contributed by atoms with E-state index in [9.17, 15) is 48.8 Å². The number of anilines is 1. The minimum absolute atomic E-state index is 0.0466. The predicted octanol–water partition coefficient (Wildman–Crippen LogP) is 0.999. The van der Waals surface area contributed by atoms with Gasteiger partial charge in [0.05, 0.1) is 40.1 Å². The van der Waals surface area contributed by atoms with Crippen LogP contribution in [0.4, 0.5) is 5.69 Å². The van der Waals surface area contributed by atoms with Crippen molar-refractivity contribution in [2.24, 2.45) is 7.05 Å². The summed E-state index contributed by atoms with van der Waals surface area (Å²) < 4.78 is 187. The molecule has 1 aromatic heterocycles. The number of imidazole rings is 1. The molecule has 0 bridgehead atoms. The number of nitrogens with zero attached hydrogens (tertiary/aromatic N) is 4. The molecule has 24 nitrogen and oxygen atoms in total. The molecule has 0 atom stereocenters. The highest BCUT2D eigenvalue weighted by Crippen LogP contribution is 2.42. The summed E-state index contributed by atoms with van der Waals surface area (Å²) in [6, 6.07) is 20.8. The molecule has 0 saturated carbocycles. The monoisotopic (exact) mass is 1240 g/mol. The van der Waals surface area contributed by atoms with Crippen LogP contribution in [0.25, 0.3) is 16.7 Å². The number of aryl methyl sites for hydroxylation is 2. The normalized spacial score (nSPS) is 15.5. The van der Waals surface area contributed by atoms with Crippen molar-refractivity contribution in [1.82, 2.24) is 9.14 Å². The van der Waals surface area contributed by atoms with E-state index in [0.29, 0.717) is 35.0 Å². The van der Waals surface area contributed by atoms with E-state index in [1.165, 1.54) is 18.2 Å². The third-order valence-electron chi connectivity index (χ3n) is 13.6. The zero-order valence-electron chi connectivity index (χ0n) is 44.0. The summed E-state index contributed by atoms with van der Waals surface area (Å²) in [5, 5.41) is 13.2. The molecule has 4 aromatic carbocycles. The number of benzene rings is 4. The van der Waals surface area contributed by atoms with Gasteiger partial charge >= 0.3 is 37.8 Å². The minimum Gasteiger partial charge on any atom is -0.481 e. The Hall–Kier alpha value is -6.68. The van der Waals surface area contributed by atoms with Crippen LogP contribution in [0, 0.1) is 0 Å². The number of carbonyl (C=O) groups is 1. The summed E-state index contributed by atoms with van der Waals surface area (Å²) in [6.45, 7) is 15.3. The third kappa shape index (κ3) is 15.2. The molecule has 3 aliphatic heterocycles. The first-order chi connectivity index (χ1) is 36.7. The van der Waals surface area contributed by atoms with Gasteiger partial charge in [0.1, 0.15) is 26.2 Å². The Kier molecular flexibility index (Phi) is 19.4. The van der Waals surface area contributed by atoms with Crippen LogP contribution in [0.5, 0.6) is 0 Å². The molecule has 3 aliphatic rings. The summed E-state index contributed by atoms with van der Waals surface area (Å²) in [5.74, 6) is -0.787. The fourth-order valence-corrected chi connectivity index (χ4v) is 15.2. The van der Waals surface area contributed by atoms with Crippen LogP contribution in [0.2, 0.25) is 13.1 Å². The summed E-state index contributed by atoms with van der Waals surface area (Å²) >= 11 is 0. The molecule has 4 heterocycles. The van der Waals surface area contributed by atoms with Crippen molar-refractivity contribution in [3.63, 3.8) is 0 Å². The second-order valence-electron chi connectivity index (χ2n) is 20.3. The minimum atomic E-state index is -4.56. The fraction of sp³-hybridized carbons (Fsp3) is 0.327. The number of carboxylic acid groups (broad SMARTS) is 1. The molecule has 0 fully saturated rings. The first-order valence-corrected chi connectivity index (χ1v) is 34.0. The maximum Gasteiger partial charge on any atom is 0.425 e. The van der Waals surface area contributed by atoms with Crippen molar-refractivity contribution >= 4 is 109 Å². The smallest absolute Gasteiger partial charge is 0.425 e. The molecule has 0 radical (unpaired) electrons. The highest BCUT2D eigenvalue weighted by molar-refractivity contribution is 7.86. The maximum absolute atomic E-state index is 12.8. The van der Waals surface area contributed by atoms with Gasteiger partial charge in [-0.3, -0.25) is 18.5 Å². The Morgan fingerprint density at radius 3 is 1.84 bits per heavy atom. The predicted molar refractivity (Wildman–Crippen MR) is 292 cm³/mol. The Labute approximate surface area is 466 Å². The van der Waals surface area contributed by atoms with E-state index >= 15 is 0 Å². The number of rotatable bonds is 13. The van der Waals surface area contributed by atoms with E-state index in [4.69, 9.17) is 37.9 Å². The van der Waals surface area contributed by atoms with Gasteiger partial charge in [-0.25, -0.2) is 13.7 Å². The molecule has 0 spiro atoms. The Bertz CT molecular complexity index is 4190. The Balaban J connectivity index is 0.000000892. The third-order valence-corrected chi connectivity index (χ3v) is 19.6. The number of allylic oxidation sites excluding steroid dienone is 1. The molecule has 80 heavy (non-hydrogen) atoms. The lowest BCUT2D eigenvalue weighted by Crippen LogP contribution is -2.65. The van der Waals surface area contributed by atoms with Crippen LogP contribution in [0.3, 0.4) is 0 Å². The van der Waals surface area contributed by atoms with Gasteiger partial charge in [-0.15, -0.1) is 37.9 Å². The van der Waals surface area contributed by atoms with E-state index < -0.39 is 93.1 Å². The van der Waals surface area contributed by atoms with Crippen molar-refractivity contribution in [3.8, 4) is 0 Å². The van der Waals surface area contributed by atoms with Gasteiger partial charge in [-0.2, -0.15) is 25.3 Å². The van der Waals surface area contributed by atoms with Crippen molar-refractivity contribution in [2.45, 2.75) is 101 Å². The zero-order valence-corrected chi connectivity index (χ0v) is 49.9. The maximum atomic E-state index is 12.8. The molecule has 0 aliphatic carbocycles. The highest BCUT2D eigenvalue weighted by atomic mass is 32.2. The number of hydrogen-bond acceptors (Lipinski definition) is 17. The average Bonchev–Trinajstić information content (AvgIpc) is 3.65. The second kappa shape index (κ2) is 24.2. The lowest BCUT2D eigenvalue weighted by Gasteiger charge is -2.45. The SMILES string of the molecule is CC1=CC(C)(C)N(Cc2ccccc2S(=O)(=O)O)c2cc3c(cc21)C(c1n(CCCC(=O)O)cc[n+]1C)=c1cc2c(cc1[Si]3(C)C)=[N+](Cc1ccc(S(=O)(=O)O)cc1)C(C)(C)C=C2CS(=O)(=O)O.O=S(=O)=O.O=S(=O)=O.O=S(=O)=O. The molecule has 0 saturated heterocycles. The summed E-state index contributed by atoms with van der Waals surface area (Å²) in [6.07, 6.45) is 8.11. The van der Waals surface area contributed by atoms with Crippen LogP contribution in [-0.4, -0.2) is 117 Å². The van der Waals surface area contributed by atoms with Crippen molar-refractivity contribution in [2.75, 3.05) is 10.7 Å². The van der Waals surface area contributed by atoms with Gasteiger partial charge in [0.15, 0.2) is 12.1 Å². The van der Waals surface area contributed by atoms with Crippen LogP contribution in [0.1, 0.15) is 81.1 Å². The van der Waals surface area contributed by atoms with Crippen LogP contribution in [-0.2, 0) is 93.7 Å². The number of hydrogen-bond donors (Lipinski definition) is 4. The van der Waals surface area contributed by atoms with Crippen LogP contribution < -0.4 is 35.0 Å². The molecule has 0 amide bonds. The van der Waals surface area contributed by atoms with Gasteiger partial charge in [-0.05, 0) is 108 Å². The molecule has 0 unspecified atom stereocenters. The first-order valence-electron chi connectivity index (χ1n) is 23.5. The standard InChI is InChI=1S/C49H54N4O11S3Si.3O3S/c1-31-26-48(2,3)53(29-33-12-9-10-13-42(33)67(62,63)64)40-24-43-38(22-36(31)40)46(47-50(6)20-21-51(47)19-11-14-45(54)55)39-23-37-34(30-65(56,57)58)27-49(4,5)52(41(37)25-44(39)68(43,7)8)28-32-15-17-35(18-16-32)66(59,60)61;3*1-4(2)3/h9-10,12-13,15-18,20-27H,11,14,19,28-30H2,1-8H3,(H2-2,54,55,56,57,58,59,60,61,62,63,64);;;/p+2. The Morgan fingerprint density at radius 1 is 0.725 bits per heavy atom. The zero-order chi connectivity index (χ0) is 60.4. The van der Waals surface area contributed by atoms with Crippen LogP contribution >= 0.6 is 0 Å². The van der Waals surface area contributed by atoms with Gasteiger partial charge in [0.2, 0.25) is 5.36 Å². The van der Waals surface area contributed by atoms with E-state index in [2.05, 4.69) is 60.7 Å². The molecule has 430 valence electrons. The molecule has 8 rings (SSSR count). The first kappa shape index (κ1) is 64.1. The summed E-state index contributed by atoms with van der Waals surface area (Å²) in [5.41, 5.74) is 5.19. The average molecular weight is 1240 g/mol. The van der Waals surface area contributed by atoms with E-state index in [-0.39, 0.29) is 29.3 Å². The second-order valence-corrected chi connectivity index (χ2v) is 30.1. The fourth-order valence-electron chi connectivity index (χ4n) is 10.4. The largest absolute Gasteiger partial charge is 0.481 e. The Morgan fingerprint density at radius 2 is 1.30 bits per heavy atom. The van der Waals surface area contributed by atoms with Crippen LogP contribution in [0.15, 0.2) is 107 Å². The highest BCUT2D eigenvalue weighted by Gasteiger charge is 2.44. The van der Waals surface area contributed by atoms with Gasteiger partial charge in [0.25, 0.3) is 36.2 Å². The summed E-state index contributed by atoms with van der Waals surface area (Å²) in [7, 11) is -23.8. The van der Waals surface area contributed by atoms with Gasteiger partial charge in [0, 0.05) is 49.7 Å². The number of carboxylic acids is 1. The number of fused-ring (bicyclic) bond motifs is 4. The van der Waals surface area contributed by atoms with Crippen molar-refractivity contribution < 1.29 is 91.3 Å². The van der Waals surface area contributed by atoms with E-state index in [0.717, 1.165) is 54.9 Å². The number of aliphatic carboxylic acids is 1. The van der Waals surface area contributed by atoms with E-state index in [1.807, 2.05) is 61.5 Å². The quantitative estimate of drug-likeness (QED) is 0.0725.